The third-order valence-corrected chi connectivity index (χ3v) is 9.44. The molecule has 0 radical (unpaired) electrons. The number of Topliss-reactive ketones (excluding diaryl/α,β-unsaturated/α-hetero) is 1. The molecular formula is C32H36N2O6S. The monoisotopic (exact) mass is 576 g/mol. The van der Waals surface area contributed by atoms with Crippen molar-refractivity contribution in [1.82, 2.24) is 9.30 Å². The van der Waals surface area contributed by atoms with Gasteiger partial charge in [-0.2, -0.15) is 0 Å². The summed E-state index contributed by atoms with van der Waals surface area (Å²) in [5.74, 6) is 2.04. The summed E-state index contributed by atoms with van der Waals surface area (Å²) in [5, 5.41) is 0. The van der Waals surface area contributed by atoms with Crippen LogP contribution in [0.15, 0.2) is 70.7 Å². The van der Waals surface area contributed by atoms with Gasteiger partial charge in [0.2, 0.25) is 9.84 Å². The summed E-state index contributed by atoms with van der Waals surface area (Å²) >= 11 is 0. The molecule has 1 aliphatic heterocycles. The molecule has 0 spiro atoms. The number of methoxy groups -OCH3 is 2. The van der Waals surface area contributed by atoms with Crippen molar-refractivity contribution in [2.24, 2.45) is 0 Å². The number of rotatable bonds is 11. The van der Waals surface area contributed by atoms with Gasteiger partial charge in [-0.05, 0) is 91.4 Å². The number of sulfone groups is 1. The molecule has 0 saturated heterocycles. The number of pyridine rings is 1. The van der Waals surface area contributed by atoms with Gasteiger partial charge in [0.25, 0.3) is 0 Å². The Hall–Kier alpha value is -3.82. The zero-order chi connectivity index (χ0) is 29.1. The Bertz CT molecular complexity index is 1670. The van der Waals surface area contributed by atoms with Gasteiger partial charge in [-0.3, -0.25) is 9.69 Å². The molecule has 0 atom stereocenters. The maximum Gasteiger partial charge on any atom is 0.209 e. The molecule has 0 fully saturated rings. The molecule has 8 nitrogen and oxygen atoms in total. The van der Waals surface area contributed by atoms with Crippen molar-refractivity contribution in [3.8, 4) is 17.2 Å². The molecule has 3 heterocycles. The van der Waals surface area contributed by atoms with E-state index in [4.69, 9.17) is 14.2 Å². The van der Waals surface area contributed by atoms with Gasteiger partial charge >= 0.3 is 0 Å². The number of carbonyl (C=O) groups is 1. The zero-order valence-corrected chi connectivity index (χ0v) is 24.8. The smallest absolute Gasteiger partial charge is 0.209 e. The first kappa shape index (κ1) is 28.7. The van der Waals surface area contributed by atoms with Crippen molar-refractivity contribution in [2.45, 2.75) is 49.4 Å². The Labute approximate surface area is 241 Å². The first-order chi connectivity index (χ1) is 19.7. The molecule has 41 heavy (non-hydrogen) atoms. The van der Waals surface area contributed by atoms with Crippen molar-refractivity contribution < 1.29 is 27.4 Å². The van der Waals surface area contributed by atoms with Gasteiger partial charge in [-0.15, -0.1) is 0 Å². The van der Waals surface area contributed by atoms with Gasteiger partial charge < -0.3 is 18.6 Å². The van der Waals surface area contributed by atoms with Crippen molar-refractivity contribution in [3.05, 3.63) is 83.2 Å². The topological polar surface area (TPSA) is 86.5 Å². The maximum atomic E-state index is 13.8. The second-order valence-corrected chi connectivity index (χ2v) is 12.4. The van der Waals surface area contributed by atoms with E-state index in [0.717, 1.165) is 49.5 Å². The summed E-state index contributed by atoms with van der Waals surface area (Å²) in [6.45, 7) is 6.57. The second-order valence-electron chi connectivity index (χ2n) is 10.5. The lowest BCUT2D eigenvalue weighted by Crippen LogP contribution is -2.32. The number of ether oxygens (including phenoxy) is 3. The van der Waals surface area contributed by atoms with Gasteiger partial charge in [-0.25, -0.2) is 8.42 Å². The molecule has 9 heteroatoms. The Morgan fingerprint density at radius 1 is 1.00 bits per heavy atom. The summed E-state index contributed by atoms with van der Waals surface area (Å²) in [5.41, 5.74) is 4.48. The number of ketones is 1. The first-order valence-corrected chi connectivity index (χ1v) is 15.2. The summed E-state index contributed by atoms with van der Waals surface area (Å²) in [6, 6.07) is 14.4. The van der Waals surface area contributed by atoms with E-state index in [1.54, 1.807) is 55.3 Å². The number of carbonyl (C=O) groups excluding carboxylic acids is 1. The number of aromatic nitrogens is 1. The van der Waals surface area contributed by atoms with Crippen LogP contribution in [0.25, 0.3) is 5.52 Å². The molecular weight excluding hydrogens is 540 g/mol. The highest BCUT2D eigenvalue weighted by atomic mass is 32.2. The van der Waals surface area contributed by atoms with Gasteiger partial charge in [0.05, 0.1) is 31.2 Å². The van der Waals surface area contributed by atoms with Crippen molar-refractivity contribution in [2.75, 3.05) is 33.9 Å². The molecule has 4 aromatic rings. The van der Waals surface area contributed by atoms with Crippen LogP contribution in [0.3, 0.4) is 0 Å². The summed E-state index contributed by atoms with van der Waals surface area (Å²) < 4.78 is 46.2. The van der Waals surface area contributed by atoms with Crippen LogP contribution in [-0.2, 0) is 34.0 Å². The van der Waals surface area contributed by atoms with Crippen molar-refractivity contribution >= 4 is 21.1 Å². The lowest BCUT2D eigenvalue weighted by Gasteiger charge is -2.29. The minimum atomic E-state index is -3.86. The Balaban J connectivity index is 1.22. The number of benzene rings is 2. The van der Waals surface area contributed by atoms with Crippen LogP contribution in [0, 0.1) is 6.92 Å². The SMILES string of the molecule is COc1cc2c(cc1OC)CN(CCCOc1ccc(S(=O)(=O)c3c(CC(C)=O)cn4cccc(C)c34)cc1)CC2. The molecule has 2 aromatic heterocycles. The molecule has 0 unspecified atom stereocenters. The first-order valence-electron chi connectivity index (χ1n) is 13.7. The predicted molar refractivity (Wildman–Crippen MR) is 157 cm³/mol. The lowest BCUT2D eigenvalue weighted by molar-refractivity contribution is -0.116. The van der Waals surface area contributed by atoms with E-state index in [-0.39, 0.29) is 22.0 Å². The number of hydrogen-bond acceptors (Lipinski definition) is 7. The van der Waals surface area contributed by atoms with Crippen LogP contribution in [0.2, 0.25) is 0 Å². The quantitative estimate of drug-likeness (QED) is 0.231. The average Bonchev–Trinajstić information content (AvgIpc) is 3.34. The highest BCUT2D eigenvalue weighted by Crippen LogP contribution is 2.34. The van der Waals surface area contributed by atoms with Crippen LogP contribution in [0.1, 0.15) is 35.6 Å². The molecule has 1 aliphatic rings. The molecule has 0 amide bonds. The highest BCUT2D eigenvalue weighted by molar-refractivity contribution is 7.91. The van der Waals surface area contributed by atoms with Gasteiger partial charge in [-0.1, -0.05) is 6.07 Å². The fraction of sp³-hybridized carbons (Fsp3) is 0.344. The molecule has 2 aromatic carbocycles. The summed E-state index contributed by atoms with van der Waals surface area (Å²) in [7, 11) is -0.555. The molecule has 216 valence electrons. The third-order valence-electron chi connectivity index (χ3n) is 7.55. The van der Waals surface area contributed by atoms with Crippen LogP contribution in [-0.4, -0.2) is 57.4 Å². The van der Waals surface area contributed by atoms with E-state index >= 15 is 0 Å². The number of aryl methyl sites for hydroxylation is 1. The number of nitrogens with zero attached hydrogens (tertiary/aromatic N) is 2. The lowest BCUT2D eigenvalue weighted by atomic mass is 9.98. The zero-order valence-electron chi connectivity index (χ0n) is 24.0. The van der Waals surface area contributed by atoms with E-state index in [1.165, 1.54) is 18.1 Å². The Morgan fingerprint density at radius 2 is 1.71 bits per heavy atom. The summed E-state index contributed by atoms with van der Waals surface area (Å²) in [6.07, 6.45) is 5.40. The predicted octanol–water partition coefficient (Wildman–Crippen LogP) is 5.06. The van der Waals surface area contributed by atoms with Gasteiger partial charge in [0.15, 0.2) is 11.5 Å². The largest absolute Gasteiger partial charge is 0.494 e. The molecule has 0 aliphatic carbocycles. The van der Waals surface area contributed by atoms with E-state index in [2.05, 4.69) is 17.0 Å². The number of hydrogen-bond donors (Lipinski definition) is 0. The Kier molecular flexibility index (Phi) is 8.37. The fourth-order valence-electron chi connectivity index (χ4n) is 5.56. The second kappa shape index (κ2) is 12.0. The third kappa shape index (κ3) is 5.96. The number of fused-ring (bicyclic) bond motifs is 2. The van der Waals surface area contributed by atoms with Crippen LogP contribution in [0.5, 0.6) is 17.2 Å². The van der Waals surface area contributed by atoms with Gasteiger partial charge in [0.1, 0.15) is 16.4 Å². The standard InChI is InChI=1S/C32H36N2O6S/c1-22-7-5-14-34-21-26(17-23(2)35)32(31(22)34)41(36,37)28-10-8-27(9-11-28)40-16-6-13-33-15-12-24-18-29(38-3)30(39-4)19-25(24)20-33/h5,7-11,14,18-19,21H,6,12-13,15-17,20H2,1-4H3. The molecule has 5 rings (SSSR count). The van der Waals surface area contributed by atoms with Crippen LogP contribution >= 0.6 is 0 Å². The highest BCUT2D eigenvalue weighted by Gasteiger charge is 2.27. The normalized spacial score (nSPS) is 13.7. The van der Waals surface area contributed by atoms with Crippen LogP contribution < -0.4 is 14.2 Å². The minimum absolute atomic E-state index is 0.0568. The van der Waals surface area contributed by atoms with E-state index < -0.39 is 9.84 Å². The van der Waals surface area contributed by atoms with Crippen LogP contribution in [0.4, 0.5) is 0 Å². The van der Waals surface area contributed by atoms with E-state index in [0.29, 0.717) is 23.4 Å². The van der Waals surface area contributed by atoms with Crippen molar-refractivity contribution in [1.29, 1.82) is 0 Å². The van der Waals surface area contributed by atoms with E-state index in [1.807, 2.05) is 19.1 Å². The Morgan fingerprint density at radius 3 is 2.39 bits per heavy atom. The molecule has 0 N–H and O–H groups in total. The average molecular weight is 577 g/mol. The molecule has 0 bridgehead atoms. The van der Waals surface area contributed by atoms with Gasteiger partial charge in [0, 0.05) is 38.4 Å². The minimum Gasteiger partial charge on any atom is -0.494 e. The fourth-order valence-corrected chi connectivity index (χ4v) is 7.28. The van der Waals surface area contributed by atoms with E-state index in [9.17, 15) is 13.2 Å². The van der Waals surface area contributed by atoms with Crippen molar-refractivity contribution in [3.63, 3.8) is 0 Å². The maximum absolute atomic E-state index is 13.8. The summed E-state index contributed by atoms with van der Waals surface area (Å²) in [4.78, 5) is 14.7. The molecule has 0 saturated carbocycles.